The summed E-state index contributed by atoms with van der Waals surface area (Å²) in [4.78, 5) is 2.66. The summed E-state index contributed by atoms with van der Waals surface area (Å²) in [6, 6.07) is 22.6. The third kappa shape index (κ3) is 3.59. The summed E-state index contributed by atoms with van der Waals surface area (Å²) in [7, 11) is -2.40. The number of nitrogens with zero attached hydrogens (tertiary/aromatic N) is 1. The molecular weight excluding hydrogens is 360 g/mol. The molecule has 0 unspecified atom stereocenters. The van der Waals surface area contributed by atoms with Gasteiger partial charge in [-0.3, -0.25) is 4.90 Å². The van der Waals surface area contributed by atoms with Crippen LogP contribution in [0.25, 0.3) is 0 Å². The van der Waals surface area contributed by atoms with Gasteiger partial charge in [0, 0.05) is 25.7 Å². The van der Waals surface area contributed by atoms with Crippen molar-refractivity contribution in [3.8, 4) is 0 Å². The van der Waals surface area contributed by atoms with E-state index in [0.29, 0.717) is 6.04 Å². The van der Waals surface area contributed by atoms with Gasteiger partial charge in [-0.2, -0.15) is 0 Å². The molecule has 4 rings (SSSR count). The molecule has 4 heteroatoms. The Morgan fingerprint density at radius 2 is 1.57 bits per heavy atom. The van der Waals surface area contributed by atoms with Crippen LogP contribution in [-0.2, 0) is 4.43 Å². The SMILES string of the molecule is CC(C)(C)[Si](OCCN1CC[C@H]2CNC[C@H]21)(c1ccccc1)c1ccccc1. The maximum Gasteiger partial charge on any atom is 0.261 e. The van der Waals surface area contributed by atoms with Crippen molar-refractivity contribution < 1.29 is 4.43 Å². The lowest BCUT2D eigenvalue weighted by atomic mass is 10.1. The Morgan fingerprint density at radius 1 is 0.964 bits per heavy atom. The Morgan fingerprint density at radius 3 is 2.14 bits per heavy atom. The second-order valence-corrected chi connectivity index (χ2v) is 13.6. The largest absolute Gasteiger partial charge is 0.406 e. The Hall–Kier alpha value is -1.46. The molecule has 1 N–H and O–H groups in total. The van der Waals surface area contributed by atoms with Gasteiger partial charge in [-0.05, 0) is 40.8 Å². The van der Waals surface area contributed by atoms with Crippen molar-refractivity contribution in [2.75, 3.05) is 32.8 Å². The zero-order valence-electron chi connectivity index (χ0n) is 17.5. The minimum absolute atomic E-state index is 0.0537. The predicted octanol–water partition coefficient (Wildman–Crippen LogP) is 2.86. The number of hydrogen-bond acceptors (Lipinski definition) is 3. The first kappa shape index (κ1) is 19.8. The van der Waals surface area contributed by atoms with Crippen LogP contribution in [0.5, 0.6) is 0 Å². The smallest absolute Gasteiger partial charge is 0.261 e. The van der Waals surface area contributed by atoms with E-state index in [2.05, 4.69) is 91.7 Å². The highest BCUT2D eigenvalue weighted by Crippen LogP contribution is 2.37. The van der Waals surface area contributed by atoms with Crippen molar-refractivity contribution in [3.05, 3.63) is 60.7 Å². The van der Waals surface area contributed by atoms with Crippen LogP contribution in [0, 0.1) is 5.92 Å². The Balaban J connectivity index is 1.61. The molecule has 0 spiro atoms. The number of hydrogen-bond donors (Lipinski definition) is 1. The molecule has 2 aliphatic heterocycles. The van der Waals surface area contributed by atoms with E-state index in [9.17, 15) is 0 Å². The highest BCUT2D eigenvalue weighted by molar-refractivity contribution is 6.99. The Kier molecular flexibility index (Phi) is 5.75. The Bertz CT molecular complexity index is 720. The van der Waals surface area contributed by atoms with E-state index in [1.807, 2.05) is 0 Å². The van der Waals surface area contributed by atoms with Crippen molar-refractivity contribution in [3.63, 3.8) is 0 Å². The van der Waals surface area contributed by atoms with Gasteiger partial charge in [0.05, 0.1) is 0 Å². The van der Waals surface area contributed by atoms with Gasteiger partial charge in [-0.1, -0.05) is 81.4 Å². The summed E-state index contributed by atoms with van der Waals surface area (Å²) in [5.41, 5.74) is 0. The van der Waals surface area contributed by atoms with Crippen LogP contribution in [0.2, 0.25) is 5.04 Å². The lowest BCUT2D eigenvalue weighted by Crippen LogP contribution is -2.67. The van der Waals surface area contributed by atoms with Crippen LogP contribution >= 0.6 is 0 Å². The van der Waals surface area contributed by atoms with Crippen LogP contribution in [0.4, 0.5) is 0 Å². The maximum absolute atomic E-state index is 7.05. The molecule has 2 aliphatic rings. The van der Waals surface area contributed by atoms with Crippen molar-refractivity contribution in [2.45, 2.75) is 38.3 Å². The third-order valence-electron chi connectivity index (χ3n) is 6.67. The predicted molar refractivity (Wildman–Crippen MR) is 120 cm³/mol. The van der Waals surface area contributed by atoms with Crippen molar-refractivity contribution in [1.29, 1.82) is 0 Å². The van der Waals surface area contributed by atoms with Crippen molar-refractivity contribution in [1.82, 2.24) is 10.2 Å². The molecule has 28 heavy (non-hydrogen) atoms. The van der Waals surface area contributed by atoms with Crippen LogP contribution in [0.15, 0.2) is 60.7 Å². The summed E-state index contributed by atoms with van der Waals surface area (Å²) in [5.74, 6) is 0.841. The zero-order valence-corrected chi connectivity index (χ0v) is 18.5. The minimum Gasteiger partial charge on any atom is -0.406 e. The number of fused-ring (bicyclic) bond motifs is 1. The number of rotatable bonds is 6. The first-order chi connectivity index (χ1) is 13.5. The van der Waals surface area contributed by atoms with E-state index in [-0.39, 0.29) is 5.04 Å². The van der Waals surface area contributed by atoms with Gasteiger partial charge >= 0.3 is 0 Å². The molecule has 2 heterocycles. The molecule has 0 saturated carbocycles. The van der Waals surface area contributed by atoms with Crippen LogP contribution in [0.1, 0.15) is 27.2 Å². The van der Waals surface area contributed by atoms with Gasteiger partial charge in [0.25, 0.3) is 8.32 Å². The fraction of sp³-hybridized carbons (Fsp3) is 0.500. The minimum atomic E-state index is -2.40. The molecule has 2 aromatic carbocycles. The number of nitrogens with one attached hydrogen (secondary N) is 1. The van der Waals surface area contributed by atoms with Crippen molar-refractivity contribution in [2.24, 2.45) is 5.92 Å². The molecular formula is C24H34N2OSi. The van der Waals surface area contributed by atoms with E-state index in [4.69, 9.17) is 4.43 Å². The van der Waals surface area contributed by atoms with Gasteiger partial charge in [0.15, 0.2) is 0 Å². The molecule has 150 valence electrons. The summed E-state index contributed by atoms with van der Waals surface area (Å²) >= 11 is 0. The van der Waals surface area contributed by atoms with E-state index in [1.54, 1.807) is 0 Å². The standard InChI is InChI=1S/C24H34N2OSi/c1-24(2,3)28(21-10-6-4-7-11-21,22-12-8-5-9-13-22)27-17-16-26-15-14-20-18-25-19-23(20)26/h4-13,20,23,25H,14-19H2,1-3H3/t20-,23+/m0/s1. The quantitative estimate of drug-likeness (QED) is 0.763. The van der Waals surface area contributed by atoms with Crippen molar-refractivity contribution >= 4 is 18.7 Å². The molecule has 0 radical (unpaired) electrons. The highest BCUT2D eigenvalue weighted by Gasteiger charge is 2.50. The summed E-state index contributed by atoms with van der Waals surface area (Å²) in [6.07, 6.45) is 1.33. The average molecular weight is 395 g/mol. The first-order valence-corrected chi connectivity index (χ1v) is 12.6. The van der Waals surface area contributed by atoms with E-state index >= 15 is 0 Å². The van der Waals surface area contributed by atoms with Gasteiger partial charge in [0.1, 0.15) is 0 Å². The maximum atomic E-state index is 7.05. The van der Waals surface area contributed by atoms with Gasteiger partial charge < -0.3 is 9.74 Å². The molecule has 0 bridgehead atoms. The molecule has 2 aromatic rings. The fourth-order valence-electron chi connectivity index (χ4n) is 5.29. The number of likely N-dealkylation sites (tertiary alicyclic amines) is 1. The van der Waals surface area contributed by atoms with E-state index in [0.717, 1.165) is 25.6 Å². The monoisotopic (exact) mass is 394 g/mol. The molecule has 2 saturated heterocycles. The van der Waals surface area contributed by atoms with E-state index < -0.39 is 8.32 Å². The molecule has 0 aromatic heterocycles. The van der Waals surface area contributed by atoms with E-state index in [1.165, 1.54) is 29.9 Å². The number of benzene rings is 2. The molecule has 3 nitrogen and oxygen atoms in total. The molecule has 0 amide bonds. The van der Waals surface area contributed by atoms with Gasteiger partial charge in [-0.25, -0.2) is 0 Å². The fourth-order valence-corrected chi connectivity index (χ4v) is 9.85. The lowest BCUT2D eigenvalue weighted by Gasteiger charge is -2.43. The van der Waals surface area contributed by atoms with Gasteiger partial charge in [0.2, 0.25) is 0 Å². The topological polar surface area (TPSA) is 24.5 Å². The second-order valence-electron chi connectivity index (χ2n) is 9.32. The van der Waals surface area contributed by atoms with Crippen LogP contribution in [0.3, 0.4) is 0 Å². The highest BCUT2D eigenvalue weighted by atomic mass is 28.4. The molecule has 2 atom stereocenters. The molecule has 0 aliphatic carbocycles. The second kappa shape index (κ2) is 8.11. The Labute approximate surface area is 171 Å². The summed E-state index contributed by atoms with van der Waals surface area (Å²) in [6.45, 7) is 12.5. The third-order valence-corrected chi connectivity index (χ3v) is 11.7. The lowest BCUT2D eigenvalue weighted by molar-refractivity contribution is 0.190. The zero-order chi connectivity index (χ0) is 19.6. The summed E-state index contributed by atoms with van der Waals surface area (Å²) < 4.78 is 7.05. The first-order valence-electron chi connectivity index (χ1n) is 10.7. The summed E-state index contributed by atoms with van der Waals surface area (Å²) in [5, 5.41) is 6.36. The average Bonchev–Trinajstić information content (AvgIpc) is 3.30. The normalized spacial score (nSPS) is 23.1. The molecule has 2 fully saturated rings. The van der Waals surface area contributed by atoms with Gasteiger partial charge in [-0.15, -0.1) is 0 Å². The van der Waals surface area contributed by atoms with Crippen LogP contribution < -0.4 is 15.7 Å². The van der Waals surface area contributed by atoms with Crippen LogP contribution in [-0.4, -0.2) is 52.0 Å².